The van der Waals surface area contributed by atoms with Crippen molar-refractivity contribution in [1.29, 1.82) is 0 Å². The SMILES string of the molecule is CCCn1nncc1C(=O)c1cccc2ccccc12. The minimum atomic E-state index is -0.0275. The van der Waals surface area contributed by atoms with Crippen LogP contribution in [0.2, 0.25) is 0 Å². The first kappa shape index (κ1) is 12.5. The average molecular weight is 265 g/mol. The molecule has 0 atom stereocenters. The summed E-state index contributed by atoms with van der Waals surface area (Å²) < 4.78 is 1.67. The molecule has 100 valence electrons. The predicted molar refractivity (Wildman–Crippen MR) is 77.7 cm³/mol. The molecule has 0 N–H and O–H groups in total. The number of fused-ring (bicyclic) bond motifs is 1. The number of carbonyl (C=O) groups is 1. The van der Waals surface area contributed by atoms with E-state index < -0.39 is 0 Å². The fraction of sp³-hybridized carbons (Fsp3) is 0.188. The molecule has 0 aliphatic heterocycles. The molecule has 0 spiro atoms. The summed E-state index contributed by atoms with van der Waals surface area (Å²) in [5, 5.41) is 9.86. The van der Waals surface area contributed by atoms with Gasteiger partial charge in [-0.25, -0.2) is 4.68 Å². The van der Waals surface area contributed by atoms with E-state index in [9.17, 15) is 4.79 Å². The molecule has 3 rings (SSSR count). The van der Waals surface area contributed by atoms with Gasteiger partial charge >= 0.3 is 0 Å². The van der Waals surface area contributed by atoms with Gasteiger partial charge in [-0.05, 0) is 17.2 Å². The highest BCUT2D eigenvalue weighted by Crippen LogP contribution is 2.21. The fourth-order valence-corrected chi connectivity index (χ4v) is 2.37. The lowest BCUT2D eigenvalue weighted by Crippen LogP contribution is -2.11. The van der Waals surface area contributed by atoms with Crippen LogP contribution in [0.3, 0.4) is 0 Å². The molecule has 4 heteroatoms. The van der Waals surface area contributed by atoms with E-state index in [0.717, 1.165) is 17.2 Å². The number of hydrogen-bond donors (Lipinski definition) is 0. The van der Waals surface area contributed by atoms with E-state index in [1.54, 1.807) is 10.9 Å². The van der Waals surface area contributed by atoms with Gasteiger partial charge in [0, 0.05) is 12.1 Å². The van der Waals surface area contributed by atoms with E-state index in [4.69, 9.17) is 0 Å². The number of nitrogens with zero attached hydrogens (tertiary/aromatic N) is 3. The van der Waals surface area contributed by atoms with Crippen LogP contribution >= 0.6 is 0 Å². The van der Waals surface area contributed by atoms with Gasteiger partial charge in [0.2, 0.25) is 5.78 Å². The number of aryl methyl sites for hydroxylation is 1. The molecule has 0 unspecified atom stereocenters. The molecular weight excluding hydrogens is 250 g/mol. The Morgan fingerprint density at radius 2 is 1.95 bits per heavy atom. The van der Waals surface area contributed by atoms with Gasteiger partial charge in [-0.3, -0.25) is 4.79 Å². The van der Waals surface area contributed by atoms with Gasteiger partial charge in [-0.15, -0.1) is 5.10 Å². The maximum atomic E-state index is 12.7. The van der Waals surface area contributed by atoms with Crippen molar-refractivity contribution in [2.75, 3.05) is 0 Å². The topological polar surface area (TPSA) is 47.8 Å². The Kier molecular flexibility index (Phi) is 3.29. The smallest absolute Gasteiger partial charge is 0.213 e. The Bertz CT molecular complexity index is 756. The number of rotatable bonds is 4. The molecule has 20 heavy (non-hydrogen) atoms. The molecule has 1 heterocycles. The van der Waals surface area contributed by atoms with Crippen LogP contribution in [-0.4, -0.2) is 20.8 Å². The Hall–Kier alpha value is -2.49. The normalized spacial score (nSPS) is 10.8. The molecule has 1 aromatic heterocycles. The zero-order valence-corrected chi connectivity index (χ0v) is 11.3. The van der Waals surface area contributed by atoms with Crippen molar-refractivity contribution in [3.8, 4) is 0 Å². The van der Waals surface area contributed by atoms with Crippen molar-refractivity contribution in [3.05, 3.63) is 59.9 Å². The van der Waals surface area contributed by atoms with E-state index in [1.807, 2.05) is 49.4 Å². The van der Waals surface area contributed by atoms with E-state index >= 15 is 0 Å². The van der Waals surface area contributed by atoms with Gasteiger partial charge in [0.05, 0.1) is 6.20 Å². The van der Waals surface area contributed by atoms with Crippen LogP contribution in [0.4, 0.5) is 0 Å². The maximum Gasteiger partial charge on any atom is 0.213 e. The maximum absolute atomic E-state index is 12.7. The van der Waals surface area contributed by atoms with Crippen molar-refractivity contribution < 1.29 is 4.79 Å². The Morgan fingerprint density at radius 3 is 2.80 bits per heavy atom. The summed E-state index contributed by atoms with van der Waals surface area (Å²) in [6.45, 7) is 2.75. The molecular formula is C16H15N3O. The molecule has 0 fully saturated rings. The first-order valence-corrected chi connectivity index (χ1v) is 6.72. The molecule has 3 aromatic rings. The molecule has 0 saturated heterocycles. The number of benzene rings is 2. The van der Waals surface area contributed by atoms with Crippen LogP contribution in [0.25, 0.3) is 10.8 Å². The zero-order valence-electron chi connectivity index (χ0n) is 11.3. The zero-order chi connectivity index (χ0) is 13.9. The molecule has 0 aliphatic carbocycles. The number of aromatic nitrogens is 3. The number of hydrogen-bond acceptors (Lipinski definition) is 3. The second-order valence-electron chi connectivity index (χ2n) is 4.70. The quantitative estimate of drug-likeness (QED) is 0.681. The average Bonchev–Trinajstić information content (AvgIpc) is 2.94. The summed E-state index contributed by atoms with van der Waals surface area (Å²) in [5.74, 6) is -0.0275. The summed E-state index contributed by atoms with van der Waals surface area (Å²) >= 11 is 0. The standard InChI is InChI=1S/C16H15N3O/c1-2-10-19-15(11-17-18-19)16(20)14-9-5-7-12-6-3-4-8-13(12)14/h3-9,11H,2,10H2,1H3. The second-order valence-corrected chi connectivity index (χ2v) is 4.70. The lowest BCUT2D eigenvalue weighted by Gasteiger charge is -2.07. The van der Waals surface area contributed by atoms with E-state index in [2.05, 4.69) is 10.3 Å². The summed E-state index contributed by atoms with van der Waals surface area (Å²) in [5.41, 5.74) is 1.24. The third-order valence-corrected chi connectivity index (χ3v) is 3.32. The van der Waals surface area contributed by atoms with Gasteiger partial charge in [-0.2, -0.15) is 0 Å². The van der Waals surface area contributed by atoms with Crippen molar-refractivity contribution in [3.63, 3.8) is 0 Å². The van der Waals surface area contributed by atoms with Gasteiger partial charge in [-0.1, -0.05) is 54.6 Å². The van der Waals surface area contributed by atoms with Crippen molar-refractivity contribution in [1.82, 2.24) is 15.0 Å². The van der Waals surface area contributed by atoms with Crippen LogP contribution in [0.1, 0.15) is 29.4 Å². The van der Waals surface area contributed by atoms with Gasteiger partial charge < -0.3 is 0 Å². The fourth-order valence-electron chi connectivity index (χ4n) is 2.37. The minimum Gasteiger partial charge on any atom is -0.287 e. The highest BCUT2D eigenvalue weighted by atomic mass is 16.1. The molecule has 0 radical (unpaired) electrons. The van der Waals surface area contributed by atoms with Gasteiger partial charge in [0.1, 0.15) is 5.69 Å². The first-order chi connectivity index (χ1) is 9.81. The van der Waals surface area contributed by atoms with Crippen molar-refractivity contribution in [2.24, 2.45) is 0 Å². The van der Waals surface area contributed by atoms with E-state index in [1.165, 1.54) is 0 Å². The molecule has 4 nitrogen and oxygen atoms in total. The summed E-state index contributed by atoms with van der Waals surface area (Å²) in [6, 6.07) is 13.7. The van der Waals surface area contributed by atoms with Gasteiger partial charge in [0.15, 0.2) is 0 Å². The number of ketones is 1. The lowest BCUT2D eigenvalue weighted by molar-refractivity contribution is 0.103. The van der Waals surface area contributed by atoms with Gasteiger partial charge in [0.25, 0.3) is 0 Å². The predicted octanol–water partition coefficient (Wildman–Crippen LogP) is 3.07. The van der Waals surface area contributed by atoms with E-state index in [-0.39, 0.29) is 5.78 Å². The Balaban J connectivity index is 2.11. The molecule has 2 aromatic carbocycles. The molecule has 0 bridgehead atoms. The monoisotopic (exact) mass is 265 g/mol. The molecule has 0 amide bonds. The van der Waals surface area contributed by atoms with Crippen LogP contribution in [-0.2, 0) is 6.54 Å². The summed E-state index contributed by atoms with van der Waals surface area (Å²) in [6.07, 6.45) is 2.46. The van der Waals surface area contributed by atoms with Crippen LogP contribution in [0, 0.1) is 0 Å². The Labute approximate surface area is 117 Å². The van der Waals surface area contributed by atoms with Crippen LogP contribution in [0.15, 0.2) is 48.7 Å². The van der Waals surface area contributed by atoms with E-state index in [0.29, 0.717) is 17.8 Å². The largest absolute Gasteiger partial charge is 0.287 e. The van der Waals surface area contributed by atoms with Crippen LogP contribution < -0.4 is 0 Å². The minimum absolute atomic E-state index is 0.0275. The highest BCUT2D eigenvalue weighted by molar-refractivity contribution is 6.15. The number of carbonyl (C=O) groups excluding carboxylic acids is 1. The van der Waals surface area contributed by atoms with Crippen molar-refractivity contribution in [2.45, 2.75) is 19.9 Å². The van der Waals surface area contributed by atoms with Crippen LogP contribution in [0.5, 0.6) is 0 Å². The third kappa shape index (κ3) is 2.09. The first-order valence-electron chi connectivity index (χ1n) is 6.72. The third-order valence-electron chi connectivity index (χ3n) is 3.32. The molecule has 0 aliphatic rings. The summed E-state index contributed by atoms with van der Waals surface area (Å²) in [4.78, 5) is 12.7. The molecule has 0 saturated carbocycles. The Morgan fingerprint density at radius 1 is 1.15 bits per heavy atom. The van der Waals surface area contributed by atoms with Crippen molar-refractivity contribution >= 4 is 16.6 Å². The second kappa shape index (κ2) is 5.25. The lowest BCUT2D eigenvalue weighted by atomic mass is 10.00. The highest BCUT2D eigenvalue weighted by Gasteiger charge is 2.17. The summed E-state index contributed by atoms with van der Waals surface area (Å²) in [7, 11) is 0.